The predicted molar refractivity (Wildman–Crippen MR) is 92.1 cm³/mol. The lowest BCUT2D eigenvalue weighted by Crippen LogP contribution is -2.42. The molecule has 0 aliphatic rings. The van der Waals surface area contributed by atoms with E-state index in [9.17, 15) is 4.79 Å². The number of hydrogen-bond donors (Lipinski definition) is 1. The molecule has 24 heavy (non-hydrogen) atoms. The van der Waals surface area contributed by atoms with Gasteiger partial charge in [-0.1, -0.05) is 19.1 Å². The molecular weight excluding hydrogens is 306 g/mol. The van der Waals surface area contributed by atoms with Gasteiger partial charge < -0.3 is 10.2 Å². The summed E-state index contributed by atoms with van der Waals surface area (Å²) in [7, 11) is 5.84. The Kier molecular flexibility index (Phi) is 5.71. The molecule has 0 fully saturated rings. The topological polar surface area (TPSA) is 80.9 Å². The number of carbonyl (C=O) groups is 1. The molecular formula is C16H27N7O. The average Bonchev–Trinajstić information content (AvgIpc) is 3.03. The number of rotatable bonds is 7. The molecule has 0 radical (unpaired) electrons. The Morgan fingerprint density at radius 3 is 2.62 bits per heavy atom. The standard InChI is InChI=1S/C16H27N7O/c1-11(2)9-13(10-21(4)5)17-16(24)15-12(3)23(20-18-15)14-7-8-22(6)19-14/h7-8,11,13H,9-10H2,1-6H3,(H,17,24)/t13-/m0/s1. The number of aromatic nitrogens is 5. The summed E-state index contributed by atoms with van der Waals surface area (Å²) < 4.78 is 3.27. The zero-order valence-corrected chi connectivity index (χ0v) is 15.3. The summed E-state index contributed by atoms with van der Waals surface area (Å²) in [6, 6.07) is 1.91. The van der Waals surface area contributed by atoms with Crippen LogP contribution in [-0.2, 0) is 7.05 Å². The number of amides is 1. The van der Waals surface area contributed by atoms with Crippen molar-refractivity contribution in [2.24, 2.45) is 13.0 Å². The number of nitrogens with one attached hydrogen (secondary N) is 1. The van der Waals surface area contributed by atoms with Gasteiger partial charge in [-0.2, -0.15) is 9.78 Å². The van der Waals surface area contributed by atoms with Gasteiger partial charge in [0.15, 0.2) is 11.5 Å². The highest BCUT2D eigenvalue weighted by Gasteiger charge is 2.22. The van der Waals surface area contributed by atoms with Gasteiger partial charge in [0, 0.05) is 31.9 Å². The lowest BCUT2D eigenvalue weighted by atomic mass is 10.0. The highest BCUT2D eigenvalue weighted by molar-refractivity contribution is 5.93. The van der Waals surface area contributed by atoms with E-state index in [-0.39, 0.29) is 11.9 Å². The van der Waals surface area contributed by atoms with E-state index in [0.29, 0.717) is 23.1 Å². The molecule has 0 aromatic carbocycles. The van der Waals surface area contributed by atoms with Crippen LogP contribution in [0.25, 0.3) is 5.82 Å². The van der Waals surface area contributed by atoms with E-state index in [1.54, 1.807) is 9.36 Å². The molecule has 8 heteroatoms. The summed E-state index contributed by atoms with van der Waals surface area (Å²) in [6.07, 6.45) is 2.74. The zero-order chi connectivity index (χ0) is 17.9. The smallest absolute Gasteiger partial charge is 0.274 e. The fourth-order valence-corrected chi connectivity index (χ4v) is 2.71. The fraction of sp³-hybridized carbons (Fsp3) is 0.625. The Hall–Kier alpha value is -2.22. The Morgan fingerprint density at radius 2 is 2.08 bits per heavy atom. The molecule has 2 aromatic heterocycles. The van der Waals surface area contributed by atoms with Crippen LogP contribution in [0.1, 0.15) is 36.5 Å². The van der Waals surface area contributed by atoms with Gasteiger partial charge in [-0.15, -0.1) is 5.10 Å². The highest BCUT2D eigenvalue weighted by Crippen LogP contribution is 2.11. The van der Waals surface area contributed by atoms with Crippen molar-refractivity contribution in [2.75, 3.05) is 20.6 Å². The van der Waals surface area contributed by atoms with E-state index >= 15 is 0 Å². The van der Waals surface area contributed by atoms with Gasteiger partial charge in [-0.3, -0.25) is 9.48 Å². The molecule has 0 unspecified atom stereocenters. The Balaban J connectivity index is 2.15. The van der Waals surface area contributed by atoms with E-state index in [1.807, 2.05) is 40.3 Å². The van der Waals surface area contributed by atoms with Gasteiger partial charge in [0.05, 0.1) is 5.69 Å². The second kappa shape index (κ2) is 7.57. The molecule has 1 N–H and O–H groups in total. The predicted octanol–water partition coefficient (Wildman–Crippen LogP) is 1.02. The Morgan fingerprint density at radius 1 is 1.38 bits per heavy atom. The van der Waals surface area contributed by atoms with Crippen molar-refractivity contribution in [2.45, 2.75) is 33.2 Å². The summed E-state index contributed by atoms with van der Waals surface area (Å²) in [5.41, 5.74) is 1.02. The van der Waals surface area contributed by atoms with Crippen LogP contribution in [0.3, 0.4) is 0 Å². The molecule has 0 spiro atoms. The highest BCUT2D eigenvalue weighted by atomic mass is 16.2. The third-order valence-corrected chi connectivity index (χ3v) is 3.70. The Labute approximate surface area is 142 Å². The first kappa shape index (κ1) is 18.1. The van der Waals surface area contributed by atoms with Crippen molar-refractivity contribution >= 4 is 5.91 Å². The number of likely N-dealkylation sites (N-methyl/N-ethyl adjacent to an activating group) is 1. The van der Waals surface area contributed by atoms with Crippen molar-refractivity contribution in [1.29, 1.82) is 0 Å². The fourth-order valence-electron chi connectivity index (χ4n) is 2.71. The minimum absolute atomic E-state index is 0.0758. The summed E-state index contributed by atoms with van der Waals surface area (Å²) in [4.78, 5) is 14.7. The third kappa shape index (κ3) is 4.41. The summed E-state index contributed by atoms with van der Waals surface area (Å²) in [5.74, 6) is 0.955. The van der Waals surface area contributed by atoms with Crippen molar-refractivity contribution < 1.29 is 4.79 Å². The molecule has 1 amide bonds. The van der Waals surface area contributed by atoms with Crippen LogP contribution in [0, 0.1) is 12.8 Å². The third-order valence-electron chi connectivity index (χ3n) is 3.70. The number of nitrogens with zero attached hydrogens (tertiary/aromatic N) is 6. The monoisotopic (exact) mass is 333 g/mol. The summed E-state index contributed by atoms with van der Waals surface area (Å²) in [5, 5.41) is 15.5. The molecule has 0 saturated heterocycles. The second-order valence-electron chi connectivity index (χ2n) is 6.85. The first-order chi connectivity index (χ1) is 11.3. The van der Waals surface area contributed by atoms with E-state index < -0.39 is 0 Å². The minimum atomic E-state index is -0.192. The normalized spacial score (nSPS) is 12.8. The van der Waals surface area contributed by atoms with Crippen LogP contribution in [0.5, 0.6) is 0 Å². The Bertz CT molecular complexity index is 676. The molecule has 2 aromatic rings. The largest absolute Gasteiger partial charge is 0.347 e. The molecule has 0 saturated carbocycles. The maximum absolute atomic E-state index is 12.6. The van der Waals surface area contributed by atoms with Crippen LogP contribution in [0.15, 0.2) is 12.3 Å². The van der Waals surface area contributed by atoms with Gasteiger partial charge in [0.2, 0.25) is 0 Å². The van der Waals surface area contributed by atoms with Gasteiger partial charge >= 0.3 is 0 Å². The second-order valence-corrected chi connectivity index (χ2v) is 6.85. The van der Waals surface area contributed by atoms with Gasteiger partial charge in [0.25, 0.3) is 5.91 Å². The van der Waals surface area contributed by atoms with Gasteiger partial charge in [-0.25, -0.2) is 0 Å². The molecule has 1 atom stereocenters. The van der Waals surface area contributed by atoms with Gasteiger partial charge in [0.1, 0.15) is 0 Å². The number of carbonyl (C=O) groups excluding carboxylic acids is 1. The van der Waals surface area contributed by atoms with Crippen molar-refractivity contribution in [3.63, 3.8) is 0 Å². The van der Waals surface area contributed by atoms with Crippen molar-refractivity contribution in [3.8, 4) is 5.82 Å². The maximum atomic E-state index is 12.6. The van der Waals surface area contributed by atoms with Crippen molar-refractivity contribution in [1.82, 2.24) is 35.0 Å². The quantitative estimate of drug-likeness (QED) is 0.818. The first-order valence-corrected chi connectivity index (χ1v) is 8.15. The summed E-state index contributed by atoms with van der Waals surface area (Å²) in [6.45, 7) is 6.92. The van der Waals surface area contributed by atoms with Crippen LogP contribution in [-0.4, -0.2) is 62.3 Å². The first-order valence-electron chi connectivity index (χ1n) is 8.15. The maximum Gasteiger partial charge on any atom is 0.274 e. The lowest BCUT2D eigenvalue weighted by molar-refractivity contribution is 0.0918. The minimum Gasteiger partial charge on any atom is -0.347 e. The molecule has 0 aliphatic carbocycles. The SMILES string of the molecule is Cc1c(C(=O)N[C@@H](CC(C)C)CN(C)C)nnn1-c1ccn(C)n1. The van der Waals surface area contributed by atoms with Gasteiger partial charge in [-0.05, 0) is 33.4 Å². The molecule has 0 aliphatic heterocycles. The van der Waals surface area contributed by atoms with E-state index in [1.165, 1.54) is 0 Å². The van der Waals surface area contributed by atoms with Crippen LogP contribution < -0.4 is 5.32 Å². The number of aryl methyl sites for hydroxylation is 1. The van der Waals surface area contributed by atoms with E-state index in [0.717, 1.165) is 13.0 Å². The van der Waals surface area contributed by atoms with Crippen molar-refractivity contribution in [3.05, 3.63) is 23.7 Å². The molecule has 132 valence electrons. The molecule has 2 heterocycles. The average molecular weight is 333 g/mol. The summed E-state index contributed by atoms with van der Waals surface area (Å²) >= 11 is 0. The van der Waals surface area contributed by atoms with Crippen LogP contribution >= 0.6 is 0 Å². The van der Waals surface area contributed by atoms with Crippen LogP contribution in [0.2, 0.25) is 0 Å². The lowest BCUT2D eigenvalue weighted by Gasteiger charge is -2.23. The molecule has 2 rings (SSSR count). The van der Waals surface area contributed by atoms with E-state index in [4.69, 9.17) is 0 Å². The van der Waals surface area contributed by atoms with Crippen LogP contribution in [0.4, 0.5) is 0 Å². The number of hydrogen-bond acceptors (Lipinski definition) is 5. The molecule has 8 nitrogen and oxygen atoms in total. The molecule has 0 bridgehead atoms. The zero-order valence-electron chi connectivity index (χ0n) is 15.3. The van der Waals surface area contributed by atoms with E-state index in [2.05, 4.69) is 39.5 Å².